The van der Waals surface area contributed by atoms with E-state index in [2.05, 4.69) is 65.1 Å². The van der Waals surface area contributed by atoms with Crippen LogP contribution in [-0.4, -0.2) is 19.6 Å². The van der Waals surface area contributed by atoms with Crippen LogP contribution in [0.1, 0.15) is 26.3 Å². The summed E-state index contributed by atoms with van der Waals surface area (Å²) in [6.07, 6.45) is 0. The Kier molecular flexibility index (Phi) is 4.68. The third kappa shape index (κ3) is 3.07. The maximum atomic E-state index is 3.57. The topological polar surface area (TPSA) is 15.3 Å². The van der Waals surface area contributed by atoms with E-state index >= 15 is 0 Å². The first-order valence-electron chi connectivity index (χ1n) is 6.86. The fraction of sp³-hybridized carbons (Fsp3) is 0.600. The van der Waals surface area contributed by atoms with Gasteiger partial charge in [0, 0.05) is 29.8 Å². The Labute approximate surface area is 119 Å². The average Bonchev–Trinajstić information content (AvgIpc) is 2.67. The van der Waals surface area contributed by atoms with Crippen LogP contribution in [0.15, 0.2) is 22.7 Å². The van der Waals surface area contributed by atoms with E-state index in [9.17, 15) is 0 Å². The summed E-state index contributed by atoms with van der Waals surface area (Å²) in [4.78, 5) is 2.54. The molecule has 1 N–H and O–H groups in total. The molecule has 0 radical (unpaired) electrons. The molecule has 1 heterocycles. The molecule has 18 heavy (non-hydrogen) atoms. The lowest BCUT2D eigenvalue weighted by molar-refractivity contribution is 0.494. The number of nitrogens with one attached hydrogen (secondary N) is 1. The third-order valence-corrected chi connectivity index (χ3v) is 4.43. The van der Waals surface area contributed by atoms with Gasteiger partial charge in [0.05, 0.1) is 0 Å². The molecule has 2 rings (SSSR count). The summed E-state index contributed by atoms with van der Waals surface area (Å²) in [5.74, 6) is 1.58. The van der Waals surface area contributed by atoms with E-state index in [0.717, 1.165) is 24.9 Å². The molecule has 0 aromatic heterocycles. The van der Waals surface area contributed by atoms with Crippen molar-refractivity contribution in [3.8, 4) is 0 Å². The molecule has 3 heteroatoms. The summed E-state index contributed by atoms with van der Waals surface area (Å²) in [5, 5.41) is 3.43. The minimum absolute atomic E-state index is 0.792. The van der Waals surface area contributed by atoms with Crippen molar-refractivity contribution in [2.75, 3.05) is 24.5 Å². The molecule has 0 saturated carbocycles. The maximum Gasteiger partial charge on any atom is 0.0412 e. The molecule has 100 valence electrons. The summed E-state index contributed by atoms with van der Waals surface area (Å²) in [6, 6.07) is 6.64. The molecule has 0 bridgehead atoms. The van der Waals surface area contributed by atoms with Crippen LogP contribution >= 0.6 is 15.9 Å². The van der Waals surface area contributed by atoms with Gasteiger partial charge in [0.2, 0.25) is 0 Å². The molecule has 1 aromatic carbocycles. The van der Waals surface area contributed by atoms with E-state index in [1.54, 1.807) is 0 Å². The summed E-state index contributed by atoms with van der Waals surface area (Å²) >= 11 is 3.57. The molecule has 1 aromatic rings. The van der Waals surface area contributed by atoms with E-state index in [1.807, 2.05) is 0 Å². The van der Waals surface area contributed by atoms with Crippen LogP contribution in [0, 0.1) is 11.8 Å². The molecule has 2 unspecified atom stereocenters. The van der Waals surface area contributed by atoms with Gasteiger partial charge in [-0.2, -0.15) is 0 Å². The van der Waals surface area contributed by atoms with Gasteiger partial charge in [-0.3, -0.25) is 0 Å². The van der Waals surface area contributed by atoms with Crippen LogP contribution in [0.25, 0.3) is 0 Å². The highest BCUT2D eigenvalue weighted by Gasteiger charge is 2.27. The van der Waals surface area contributed by atoms with Crippen molar-refractivity contribution < 1.29 is 0 Å². The van der Waals surface area contributed by atoms with Gasteiger partial charge in [-0.15, -0.1) is 0 Å². The normalized spacial score (nSPS) is 23.7. The van der Waals surface area contributed by atoms with Crippen LogP contribution in [0.5, 0.6) is 0 Å². The number of rotatable bonds is 4. The van der Waals surface area contributed by atoms with Gasteiger partial charge in [0.25, 0.3) is 0 Å². The molecule has 1 fully saturated rings. The van der Waals surface area contributed by atoms with Crippen LogP contribution in [0.4, 0.5) is 5.69 Å². The monoisotopic (exact) mass is 310 g/mol. The summed E-state index contributed by atoms with van der Waals surface area (Å²) in [5.41, 5.74) is 2.79. The smallest absolute Gasteiger partial charge is 0.0412 e. The lowest BCUT2D eigenvalue weighted by atomic mass is 10.0. The van der Waals surface area contributed by atoms with E-state index in [4.69, 9.17) is 0 Å². The SMILES string of the molecule is CCNCc1cc(Br)ccc1N1CC(C)C(C)C1. The second kappa shape index (κ2) is 6.07. The predicted molar refractivity (Wildman–Crippen MR) is 82.1 cm³/mol. The van der Waals surface area contributed by atoms with Gasteiger partial charge in [0.15, 0.2) is 0 Å². The third-order valence-electron chi connectivity index (χ3n) is 3.94. The van der Waals surface area contributed by atoms with E-state index in [-0.39, 0.29) is 0 Å². The average molecular weight is 311 g/mol. The van der Waals surface area contributed by atoms with Crippen LogP contribution in [0.2, 0.25) is 0 Å². The van der Waals surface area contributed by atoms with Crippen molar-refractivity contribution in [3.05, 3.63) is 28.2 Å². The van der Waals surface area contributed by atoms with Crippen molar-refractivity contribution >= 4 is 21.6 Å². The molecule has 1 aliphatic rings. The summed E-state index contributed by atoms with van der Waals surface area (Å²) in [6.45, 7) is 11.2. The zero-order valence-electron chi connectivity index (χ0n) is 11.5. The quantitative estimate of drug-likeness (QED) is 0.913. The van der Waals surface area contributed by atoms with Crippen molar-refractivity contribution in [3.63, 3.8) is 0 Å². The molecule has 0 spiro atoms. The molecular weight excluding hydrogens is 288 g/mol. The van der Waals surface area contributed by atoms with Crippen molar-refractivity contribution in [2.24, 2.45) is 11.8 Å². The minimum atomic E-state index is 0.792. The molecular formula is C15H23BrN2. The highest BCUT2D eigenvalue weighted by molar-refractivity contribution is 9.10. The molecule has 1 saturated heterocycles. The Morgan fingerprint density at radius 3 is 2.56 bits per heavy atom. The highest BCUT2D eigenvalue weighted by Crippen LogP contribution is 2.31. The van der Waals surface area contributed by atoms with Gasteiger partial charge in [-0.25, -0.2) is 0 Å². The van der Waals surface area contributed by atoms with Crippen molar-refractivity contribution in [2.45, 2.75) is 27.3 Å². The predicted octanol–water partition coefficient (Wildman–Crippen LogP) is 3.65. The second-order valence-corrected chi connectivity index (χ2v) is 6.33. The van der Waals surface area contributed by atoms with Gasteiger partial charge in [-0.1, -0.05) is 36.7 Å². The first-order valence-corrected chi connectivity index (χ1v) is 7.65. The van der Waals surface area contributed by atoms with Crippen LogP contribution < -0.4 is 10.2 Å². The zero-order valence-corrected chi connectivity index (χ0v) is 13.1. The van der Waals surface area contributed by atoms with Crippen molar-refractivity contribution in [1.29, 1.82) is 0 Å². The molecule has 2 nitrogen and oxygen atoms in total. The fourth-order valence-corrected chi connectivity index (χ4v) is 3.00. The number of hydrogen-bond donors (Lipinski definition) is 1. The maximum absolute atomic E-state index is 3.57. The lowest BCUT2D eigenvalue weighted by Crippen LogP contribution is -2.23. The minimum Gasteiger partial charge on any atom is -0.371 e. The number of anilines is 1. The number of halogens is 1. The first kappa shape index (κ1) is 13.9. The van der Waals surface area contributed by atoms with Gasteiger partial charge in [0.1, 0.15) is 0 Å². The Morgan fingerprint density at radius 1 is 1.28 bits per heavy atom. The standard InChI is InChI=1S/C15H23BrN2/c1-4-17-8-13-7-14(16)5-6-15(13)18-9-11(2)12(3)10-18/h5-7,11-12,17H,4,8-10H2,1-3H3. The van der Waals surface area contributed by atoms with Gasteiger partial charge < -0.3 is 10.2 Å². The Morgan fingerprint density at radius 2 is 1.94 bits per heavy atom. The molecule has 0 amide bonds. The van der Waals surface area contributed by atoms with Crippen LogP contribution in [0.3, 0.4) is 0 Å². The Hall–Kier alpha value is -0.540. The number of benzene rings is 1. The highest BCUT2D eigenvalue weighted by atomic mass is 79.9. The molecule has 0 aliphatic carbocycles. The largest absolute Gasteiger partial charge is 0.371 e. The molecule has 1 aliphatic heterocycles. The van der Waals surface area contributed by atoms with Gasteiger partial charge >= 0.3 is 0 Å². The molecule has 2 atom stereocenters. The zero-order chi connectivity index (χ0) is 13.1. The van der Waals surface area contributed by atoms with E-state index < -0.39 is 0 Å². The summed E-state index contributed by atoms with van der Waals surface area (Å²) < 4.78 is 1.17. The van der Waals surface area contributed by atoms with Crippen molar-refractivity contribution in [1.82, 2.24) is 5.32 Å². The lowest BCUT2D eigenvalue weighted by Gasteiger charge is -2.22. The fourth-order valence-electron chi connectivity index (χ4n) is 2.59. The summed E-state index contributed by atoms with van der Waals surface area (Å²) in [7, 11) is 0. The van der Waals surface area contributed by atoms with E-state index in [0.29, 0.717) is 0 Å². The number of nitrogens with zero attached hydrogens (tertiary/aromatic N) is 1. The number of hydrogen-bond acceptors (Lipinski definition) is 2. The van der Waals surface area contributed by atoms with E-state index in [1.165, 1.54) is 28.8 Å². The first-order chi connectivity index (χ1) is 8.61. The second-order valence-electron chi connectivity index (χ2n) is 5.41. The Balaban J connectivity index is 2.21. The van der Waals surface area contributed by atoms with Crippen LogP contribution in [-0.2, 0) is 6.54 Å². The Bertz CT molecular complexity index is 395. The van der Waals surface area contributed by atoms with Gasteiger partial charge in [-0.05, 0) is 42.1 Å².